The molecule has 4 rings (SSSR count). The first-order valence-electron chi connectivity index (χ1n) is 8.79. The fourth-order valence-corrected chi connectivity index (χ4v) is 3.85. The van der Waals surface area contributed by atoms with E-state index in [0.29, 0.717) is 29.8 Å². The van der Waals surface area contributed by atoms with Crippen LogP contribution in [0.2, 0.25) is 5.02 Å². The molecule has 1 aromatic carbocycles. The highest BCUT2D eigenvalue weighted by atomic mass is 35.5. The van der Waals surface area contributed by atoms with Crippen molar-refractivity contribution in [3.8, 4) is 11.4 Å². The van der Waals surface area contributed by atoms with Gasteiger partial charge in [0.15, 0.2) is 0 Å². The second-order valence-electron chi connectivity index (χ2n) is 6.41. The Balaban J connectivity index is 1.35. The van der Waals surface area contributed by atoms with Gasteiger partial charge in [-0.25, -0.2) is 0 Å². The predicted molar refractivity (Wildman–Crippen MR) is 107 cm³/mol. The third kappa shape index (κ3) is 4.28. The summed E-state index contributed by atoms with van der Waals surface area (Å²) in [4.78, 5) is 19.8. The number of nitrogens with zero attached hydrogens (tertiary/aromatic N) is 3. The maximum atomic E-state index is 12.3. The van der Waals surface area contributed by atoms with E-state index in [1.54, 1.807) is 29.5 Å². The summed E-state index contributed by atoms with van der Waals surface area (Å²) in [5.41, 5.74) is 0.876. The molecule has 5 nitrogen and oxygen atoms in total. The summed E-state index contributed by atoms with van der Waals surface area (Å²) in [5, 5.41) is 6.76. The molecule has 0 atom stereocenters. The van der Waals surface area contributed by atoms with Gasteiger partial charge in [-0.05, 0) is 54.6 Å². The Morgan fingerprint density at radius 3 is 2.70 bits per heavy atom. The highest BCUT2D eigenvalue weighted by molar-refractivity contribution is 7.10. The topological polar surface area (TPSA) is 59.2 Å². The molecule has 1 aliphatic rings. The highest BCUT2D eigenvalue weighted by Gasteiger charge is 2.27. The number of carbonyl (C=O) groups is 1. The van der Waals surface area contributed by atoms with E-state index in [4.69, 9.17) is 16.1 Å². The molecule has 1 aliphatic heterocycles. The summed E-state index contributed by atoms with van der Waals surface area (Å²) >= 11 is 7.53. The zero-order valence-electron chi connectivity index (χ0n) is 14.5. The lowest BCUT2D eigenvalue weighted by Crippen LogP contribution is -2.36. The van der Waals surface area contributed by atoms with E-state index in [9.17, 15) is 4.79 Å². The lowest BCUT2D eigenvalue weighted by Gasteiger charge is -2.29. The molecule has 0 aliphatic carbocycles. The van der Waals surface area contributed by atoms with Gasteiger partial charge in [0.2, 0.25) is 17.6 Å². The van der Waals surface area contributed by atoms with Crippen molar-refractivity contribution in [1.82, 2.24) is 15.0 Å². The molecule has 3 aromatic rings. The van der Waals surface area contributed by atoms with Gasteiger partial charge in [-0.3, -0.25) is 4.79 Å². The van der Waals surface area contributed by atoms with Crippen LogP contribution in [0.25, 0.3) is 17.5 Å². The van der Waals surface area contributed by atoms with Crippen molar-refractivity contribution < 1.29 is 9.32 Å². The number of hydrogen-bond donors (Lipinski definition) is 0. The lowest BCUT2D eigenvalue weighted by atomic mass is 9.96. The van der Waals surface area contributed by atoms with Crippen LogP contribution in [0.1, 0.15) is 29.5 Å². The van der Waals surface area contributed by atoms with Crippen LogP contribution in [0.15, 0.2) is 52.4 Å². The zero-order chi connectivity index (χ0) is 18.6. The van der Waals surface area contributed by atoms with Crippen molar-refractivity contribution >= 4 is 34.9 Å². The number of halogens is 1. The fraction of sp³-hybridized carbons (Fsp3) is 0.250. The molecule has 0 unspecified atom stereocenters. The standard InChI is InChI=1S/C20H18ClN3O2S/c21-16-5-3-14(4-6-16)19-22-20(26-23-19)15-9-11-24(12-10-15)18(25)8-7-17-2-1-13-27-17/h1-8,13,15H,9-12H2/b8-7+. The number of aromatic nitrogens is 2. The van der Waals surface area contributed by atoms with Crippen molar-refractivity contribution in [3.05, 3.63) is 63.6 Å². The average molecular weight is 400 g/mol. The Labute approximate surface area is 166 Å². The molecule has 1 saturated heterocycles. The van der Waals surface area contributed by atoms with E-state index in [1.165, 1.54) is 0 Å². The summed E-state index contributed by atoms with van der Waals surface area (Å²) in [6, 6.07) is 11.3. The molecule has 0 radical (unpaired) electrons. The lowest BCUT2D eigenvalue weighted by molar-refractivity contribution is -0.127. The number of rotatable bonds is 4. The molecule has 7 heteroatoms. The first-order valence-corrected chi connectivity index (χ1v) is 10.0. The van der Waals surface area contributed by atoms with Gasteiger partial charge in [0.05, 0.1) is 0 Å². The van der Waals surface area contributed by atoms with Crippen molar-refractivity contribution in [2.75, 3.05) is 13.1 Å². The summed E-state index contributed by atoms with van der Waals surface area (Å²) in [5.74, 6) is 1.44. The normalized spacial score (nSPS) is 15.5. The monoisotopic (exact) mass is 399 g/mol. The maximum Gasteiger partial charge on any atom is 0.246 e. The zero-order valence-corrected chi connectivity index (χ0v) is 16.1. The number of amides is 1. The molecule has 27 heavy (non-hydrogen) atoms. The number of piperidine rings is 1. The van der Waals surface area contributed by atoms with Gasteiger partial charge < -0.3 is 9.42 Å². The minimum Gasteiger partial charge on any atom is -0.339 e. The van der Waals surface area contributed by atoms with Crippen LogP contribution in [0.3, 0.4) is 0 Å². The van der Waals surface area contributed by atoms with Crippen LogP contribution in [-0.2, 0) is 4.79 Å². The molecule has 138 valence electrons. The van der Waals surface area contributed by atoms with Gasteiger partial charge in [0, 0.05) is 40.5 Å². The third-order valence-electron chi connectivity index (χ3n) is 4.63. The van der Waals surface area contributed by atoms with E-state index in [0.717, 1.165) is 23.3 Å². The summed E-state index contributed by atoms with van der Waals surface area (Å²) in [6.07, 6.45) is 5.16. The Hall–Kier alpha value is -2.44. The number of benzene rings is 1. The van der Waals surface area contributed by atoms with Crippen LogP contribution in [0.5, 0.6) is 0 Å². The van der Waals surface area contributed by atoms with Crippen LogP contribution < -0.4 is 0 Å². The fourth-order valence-electron chi connectivity index (χ4n) is 3.11. The first kappa shape index (κ1) is 17.9. The Morgan fingerprint density at radius 2 is 2.00 bits per heavy atom. The third-order valence-corrected chi connectivity index (χ3v) is 5.72. The summed E-state index contributed by atoms with van der Waals surface area (Å²) in [7, 11) is 0. The minimum absolute atomic E-state index is 0.0502. The molecule has 0 saturated carbocycles. The van der Waals surface area contributed by atoms with Crippen molar-refractivity contribution in [2.24, 2.45) is 0 Å². The SMILES string of the molecule is O=C(/C=C/c1cccs1)N1CCC(c2nc(-c3ccc(Cl)cc3)no2)CC1. The molecule has 2 aromatic heterocycles. The number of thiophene rings is 1. The Bertz CT molecular complexity index is 927. The molecule has 0 bridgehead atoms. The largest absolute Gasteiger partial charge is 0.339 e. The van der Waals surface area contributed by atoms with E-state index in [2.05, 4.69) is 10.1 Å². The van der Waals surface area contributed by atoms with E-state index >= 15 is 0 Å². The molecule has 3 heterocycles. The Kier molecular flexibility index (Phi) is 5.36. The van der Waals surface area contributed by atoms with Crippen LogP contribution in [-0.4, -0.2) is 34.0 Å². The van der Waals surface area contributed by atoms with Gasteiger partial charge in [-0.2, -0.15) is 4.98 Å². The second kappa shape index (κ2) is 8.06. The molecule has 0 N–H and O–H groups in total. The summed E-state index contributed by atoms with van der Waals surface area (Å²) < 4.78 is 5.47. The maximum absolute atomic E-state index is 12.3. The van der Waals surface area contributed by atoms with Crippen LogP contribution in [0, 0.1) is 0 Å². The molecule has 1 fully saturated rings. The molecule has 1 amide bonds. The average Bonchev–Trinajstić information content (AvgIpc) is 3.39. The smallest absolute Gasteiger partial charge is 0.246 e. The molecular weight excluding hydrogens is 382 g/mol. The Morgan fingerprint density at radius 1 is 1.22 bits per heavy atom. The van der Waals surface area contributed by atoms with E-state index in [-0.39, 0.29) is 11.8 Å². The first-order chi connectivity index (χ1) is 13.2. The number of carbonyl (C=O) groups excluding carboxylic acids is 1. The van der Waals surface area contributed by atoms with Gasteiger partial charge in [-0.15, -0.1) is 11.3 Å². The second-order valence-corrected chi connectivity index (χ2v) is 7.83. The van der Waals surface area contributed by atoms with Gasteiger partial charge >= 0.3 is 0 Å². The molecular formula is C20H18ClN3O2S. The van der Waals surface area contributed by atoms with E-state index in [1.807, 2.05) is 40.6 Å². The number of hydrogen-bond acceptors (Lipinski definition) is 5. The van der Waals surface area contributed by atoms with Crippen LogP contribution in [0.4, 0.5) is 0 Å². The summed E-state index contributed by atoms with van der Waals surface area (Å²) in [6.45, 7) is 1.38. The minimum atomic E-state index is 0.0502. The number of likely N-dealkylation sites (tertiary alicyclic amines) is 1. The predicted octanol–water partition coefficient (Wildman–Crippen LogP) is 4.87. The quantitative estimate of drug-likeness (QED) is 0.587. The van der Waals surface area contributed by atoms with Gasteiger partial charge in [0.1, 0.15) is 0 Å². The van der Waals surface area contributed by atoms with Crippen molar-refractivity contribution in [1.29, 1.82) is 0 Å². The van der Waals surface area contributed by atoms with Crippen molar-refractivity contribution in [3.63, 3.8) is 0 Å². The van der Waals surface area contributed by atoms with E-state index < -0.39 is 0 Å². The van der Waals surface area contributed by atoms with Crippen LogP contribution >= 0.6 is 22.9 Å². The van der Waals surface area contributed by atoms with Gasteiger partial charge in [-0.1, -0.05) is 22.8 Å². The van der Waals surface area contributed by atoms with Gasteiger partial charge in [0.25, 0.3) is 0 Å². The van der Waals surface area contributed by atoms with Crippen molar-refractivity contribution in [2.45, 2.75) is 18.8 Å². The highest BCUT2D eigenvalue weighted by Crippen LogP contribution is 2.29. The molecule has 0 spiro atoms.